The lowest BCUT2D eigenvalue weighted by Gasteiger charge is -2.39. The smallest absolute Gasteiger partial charge is 0.222 e. The molecule has 0 saturated carbocycles. The number of likely N-dealkylation sites (tertiary alicyclic amines) is 1. The van der Waals surface area contributed by atoms with Gasteiger partial charge in [0, 0.05) is 31.6 Å². The van der Waals surface area contributed by atoms with Gasteiger partial charge in [0.2, 0.25) is 5.91 Å². The van der Waals surface area contributed by atoms with E-state index in [-0.39, 0.29) is 11.8 Å². The quantitative estimate of drug-likeness (QED) is 0.777. The molecule has 0 radical (unpaired) electrons. The first-order valence-electron chi connectivity index (χ1n) is 8.45. The largest absolute Gasteiger partial charge is 0.352 e. The Kier molecular flexibility index (Phi) is 7.57. The van der Waals surface area contributed by atoms with Gasteiger partial charge in [-0.25, -0.2) is 0 Å². The normalized spacial score (nSPS) is 24.4. The Bertz CT molecular complexity index is 289. The van der Waals surface area contributed by atoms with Crippen LogP contribution in [0.1, 0.15) is 60.3 Å². The van der Waals surface area contributed by atoms with E-state index >= 15 is 0 Å². The van der Waals surface area contributed by atoms with Gasteiger partial charge < -0.3 is 10.2 Å². The lowest BCUT2D eigenvalue weighted by atomic mass is 9.89. The molecule has 0 aliphatic carbocycles. The van der Waals surface area contributed by atoms with Crippen molar-refractivity contribution in [2.75, 3.05) is 19.6 Å². The topological polar surface area (TPSA) is 32.3 Å². The summed E-state index contributed by atoms with van der Waals surface area (Å²) in [6.07, 6.45) is 5.04. The molecule has 1 amide bonds. The van der Waals surface area contributed by atoms with Crippen LogP contribution in [0.15, 0.2) is 0 Å². The number of rotatable bonds is 7. The average Bonchev–Trinajstić information content (AvgIpc) is 2.35. The Morgan fingerprint density at radius 1 is 1.25 bits per heavy atom. The predicted octanol–water partition coefficient (Wildman–Crippen LogP) is 3.30. The van der Waals surface area contributed by atoms with Crippen molar-refractivity contribution in [3.8, 4) is 0 Å². The van der Waals surface area contributed by atoms with E-state index in [2.05, 4.69) is 31.0 Å². The van der Waals surface area contributed by atoms with E-state index in [1.165, 1.54) is 25.8 Å². The van der Waals surface area contributed by atoms with Gasteiger partial charge in [0.1, 0.15) is 0 Å². The fraction of sp³-hybridized carbons (Fsp3) is 0.941. The lowest BCUT2D eigenvalue weighted by Crippen LogP contribution is -2.52. The Morgan fingerprint density at radius 2 is 1.95 bits per heavy atom. The lowest BCUT2D eigenvalue weighted by molar-refractivity contribution is -0.125. The van der Waals surface area contributed by atoms with Crippen LogP contribution in [0, 0.1) is 17.8 Å². The summed E-state index contributed by atoms with van der Waals surface area (Å²) in [5, 5.41) is 3.25. The van der Waals surface area contributed by atoms with Crippen molar-refractivity contribution in [3.63, 3.8) is 0 Å². The van der Waals surface area contributed by atoms with E-state index in [9.17, 15) is 4.79 Å². The minimum Gasteiger partial charge on any atom is -0.352 e. The summed E-state index contributed by atoms with van der Waals surface area (Å²) in [5.74, 6) is 1.74. The van der Waals surface area contributed by atoms with Crippen LogP contribution in [0.2, 0.25) is 0 Å². The van der Waals surface area contributed by atoms with Gasteiger partial charge in [-0.15, -0.1) is 0 Å². The maximum atomic E-state index is 11.9. The SMILES string of the molecule is CCCCC1CC(NC(=O)C(C)C)CN(CC(C)C)C1. The number of nitrogens with zero attached hydrogens (tertiary/aromatic N) is 1. The Labute approximate surface area is 125 Å². The van der Waals surface area contributed by atoms with Crippen LogP contribution in [0.5, 0.6) is 0 Å². The van der Waals surface area contributed by atoms with Crippen molar-refractivity contribution < 1.29 is 4.79 Å². The number of carbonyl (C=O) groups is 1. The molecular weight excluding hydrogens is 248 g/mol. The first-order chi connectivity index (χ1) is 9.42. The van der Waals surface area contributed by atoms with Crippen LogP contribution in [-0.2, 0) is 4.79 Å². The zero-order chi connectivity index (χ0) is 15.1. The van der Waals surface area contributed by atoms with Gasteiger partial charge in [0.15, 0.2) is 0 Å². The number of unbranched alkanes of at least 4 members (excludes halogenated alkanes) is 1. The molecule has 3 nitrogen and oxygen atoms in total. The highest BCUT2D eigenvalue weighted by Crippen LogP contribution is 2.23. The fourth-order valence-corrected chi connectivity index (χ4v) is 3.14. The zero-order valence-corrected chi connectivity index (χ0v) is 14.1. The third kappa shape index (κ3) is 6.25. The Balaban J connectivity index is 2.56. The minimum absolute atomic E-state index is 0.0876. The second-order valence-electron chi connectivity index (χ2n) is 7.22. The number of carbonyl (C=O) groups excluding carboxylic acids is 1. The van der Waals surface area contributed by atoms with E-state index in [1.54, 1.807) is 0 Å². The molecule has 0 aromatic carbocycles. The molecule has 1 heterocycles. The summed E-state index contributed by atoms with van der Waals surface area (Å²) in [5.41, 5.74) is 0. The molecule has 20 heavy (non-hydrogen) atoms. The van der Waals surface area contributed by atoms with Crippen LogP contribution >= 0.6 is 0 Å². The fourth-order valence-electron chi connectivity index (χ4n) is 3.14. The van der Waals surface area contributed by atoms with E-state index < -0.39 is 0 Å². The van der Waals surface area contributed by atoms with Crippen molar-refractivity contribution in [1.29, 1.82) is 0 Å². The molecule has 2 atom stereocenters. The van der Waals surface area contributed by atoms with Crippen molar-refractivity contribution in [3.05, 3.63) is 0 Å². The third-order valence-electron chi connectivity index (χ3n) is 4.07. The molecule has 2 unspecified atom stereocenters. The molecule has 0 spiro atoms. The van der Waals surface area contributed by atoms with Gasteiger partial charge in [0.25, 0.3) is 0 Å². The summed E-state index contributed by atoms with van der Waals surface area (Å²) < 4.78 is 0. The maximum Gasteiger partial charge on any atom is 0.222 e. The standard InChI is InChI=1S/C17H34N2O/c1-6-7-8-15-9-16(18-17(20)14(4)5)12-19(11-15)10-13(2)3/h13-16H,6-12H2,1-5H3,(H,18,20). The van der Waals surface area contributed by atoms with Crippen LogP contribution in [0.3, 0.4) is 0 Å². The molecule has 1 aliphatic heterocycles. The van der Waals surface area contributed by atoms with Crippen molar-refractivity contribution >= 4 is 5.91 Å². The average molecular weight is 282 g/mol. The molecule has 0 bridgehead atoms. The monoisotopic (exact) mass is 282 g/mol. The van der Waals surface area contributed by atoms with Crippen LogP contribution in [0.4, 0.5) is 0 Å². The number of hydrogen-bond acceptors (Lipinski definition) is 2. The summed E-state index contributed by atoms with van der Waals surface area (Å²) in [4.78, 5) is 14.5. The number of piperidine rings is 1. The van der Waals surface area contributed by atoms with Crippen molar-refractivity contribution in [2.45, 2.75) is 66.3 Å². The highest BCUT2D eigenvalue weighted by atomic mass is 16.1. The summed E-state index contributed by atoms with van der Waals surface area (Å²) in [6, 6.07) is 0.347. The first-order valence-corrected chi connectivity index (χ1v) is 8.45. The van der Waals surface area contributed by atoms with E-state index in [0.29, 0.717) is 12.0 Å². The third-order valence-corrected chi connectivity index (χ3v) is 4.07. The van der Waals surface area contributed by atoms with E-state index in [1.807, 2.05) is 13.8 Å². The molecule has 1 fully saturated rings. The van der Waals surface area contributed by atoms with E-state index in [4.69, 9.17) is 0 Å². The summed E-state index contributed by atoms with van der Waals surface area (Å²) in [6.45, 7) is 14.1. The van der Waals surface area contributed by atoms with Gasteiger partial charge in [-0.2, -0.15) is 0 Å². The molecular formula is C17H34N2O. The van der Waals surface area contributed by atoms with Crippen molar-refractivity contribution in [2.24, 2.45) is 17.8 Å². The summed E-state index contributed by atoms with van der Waals surface area (Å²) >= 11 is 0. The molecule has 0 aromatic heterocycles. The van der Waals surface area contributed by atoms with Crippen LogP contribution in [-0.4, -0.2) is 36.5 Å². The zero-order valence-electron chi connectivity index (χ0n) is 14.1. The maximum absolute atomic E-state index is 11.9. The molecule has 1 N–H and O–H groups in total. The van der Waals surface area contributed by atoms with Crippen molar-refractivity contribution in [1.82, 2.24) is 10.2 Å². The highest BCUT2D eigenvalue weighted by molar-refractivity contribution is 5.78. The highest BCUT2D eigenvalue weighted by Gasteiger charge is 2.28. The van der Waals surface area contributed by atoms with E-state index in [0.717, 1.165) is 25.4 Å². The second kappa shape index (κ2) is 8.66. The Morgan fingerprint density at radius 3 is 2.50 bits per heavy atom. The Hall–Kier alpha value is -0.570. The van der Waals surface area contributed by atoms with Gasteiger partial charge >= 0.3 is 0 Å². The number of nitrogens with one attached hydrogen (secondary N) is 1. The van der Waals surface area contributed by atoms with Gasteiger partial charge in [-0.1, -0.05) is 47.5 Å². The number of hydrogen-bond donors (Lipinski definition) is 1. The van der Waals surface area contributed by atoms with Crippen LogP contribution in [0.25, 0.3) is 0 Å². The van der Waals surface area contributed by atoms with Gasteiger partial charge in [0.05, 0.1) is 0 Å². The minimum atomic E-state index is 0.0876. The molecule has 1 rings (SSSR count). The first kappa shape index (κ1) is 17.5. The summed E-state index contributed by atoms with van der Waals surface area (Å²) in [7, 11) is 0. The molecule has 1 aliphatic rings. The molecule has 0 aromatic rings. The molecule has 118 valence electrons. The van der Waals surface area contributed by atoms with Gasteiger partial charge in [-0.3, -0.25) is 4.79 Å². The van der Waals surface area contributed by atoms with Gasteiger partial charge in [-0.05, 0) is 24.7 Å². The number of amides is 1. The second-order valence-corrected chi connectivity index (χ2v) is 7.22. The van der Waals surface area contributed by atoms with Crippen LogP contribution < -0.4 is 5.32 Å². The molecule has 1 saturated heterocycles. The molecule has 3 heteroatoms. The predicted molar refractivity (Wildman–Crippen MR) is 85.7 cm³/mol.